The highest BCUT2D eigenvalue weighted by molar-refractivity contribution is 5.87. The Kier molecular flexibility index (Phi) is 4.21. The fourth-order valence-corrected chi connectivity index (χ4v) is 5.38. The number of amides is 1. The Morgan fingerprint density at radius 3 is 2.60 bits per heavy atom. The molecule has 0 fully saturated rings. The van der Waals surface area contributed by atoms with Gasteiger partial charge in [0.05, 0.1) is 12.1 Å². The molecule has 1 amide bonds. The van der Waals surface area contributed by atoms with Gasteiger partial charge in [0.2, 0.25) is 0 Å². The van der Waals surface area contributed by atoms with Crippen molar-refractivity contribution < 1.29 is 9.53 Å². The van der Waals surface area contributed by atoms with Crippen LogP contribution in [0.1, 0.15) is 67.7 Å². The molecule has 2 aliphatic heterocycles. The van der Waals surface area contributed by atoms with Crippen LogP contribution in [-0.2, 0) is 31.0 Å². The minimum atomic E-state index is -0.531. The van der Waals surface area contributed by atoms with E-state index >= 15 is 0 Å². The molecule has 5 heteroatoms. The summed E-state index contributed by atoms with van der Waals surface area (Å²) in [7, 11) is 2.12. The molecule has 0 unspecified atom stereocenters. The number of hydrogen-bond donors (Lipinski definition) is 0. The normalized spacial score (nSPS) is 20.1. The van der Waals surface area contributed by atoms with E-state index < -0.39 is 5.60 Å². The number of hydrogen-bond acceptors (Lipinski definition) is 3. The van der Waals surface area contributed by atoms with Gasteiger partial charge in [0.1, 0.15) is 5.60 Å². The minimum Gasteiger partial charge on any atom is -0.444 e. The Morgan fingerprint density at radius 1 is 1.13 bits per heavy atom. The SMILES string of the molecule is CCc1cncc2c1C[C@H]1c3c(c4ccccc4n3C)C[C@@H]2N1C(=O)OC(C)(C)C. The lowest BCUT2D eigenvalue weighted by Crippen LogP contribution is -2.48. The van der Waals surface area contributed by atoms with Gasteiger partial charge in [-0.1, -0.05) is 25.1 Å². The van der Waals surface area contributed by atoms with Crippen molar-refractivity contribution in [3.05, 3.63) is 64.6 Å². The van der Waals surface area contributed by atoms with E-state index in [4.69, 9.17) is 4.74 Å². The number of pyridine rings is 1. The molecule has 156 valence electrons. The number of carbonyl (C=O) groups excluding carboxylic acids is 1. The summed E-state index contributed by atoms with van der Waals surface area (Å²) in [5.74, 6) is 0. The van der Waals surface area contributed by atoms with Gasteiger partial charge in [0.25, 0.3) is 0 Å². The highest BCUT2D eigenvalue weighted by Crippen LogP contribution is 2.50. The van der Waals surface area contributed by atoms with Gasteiger partial charge in [-0.05, 0) is 68.4 Å². The Labute approximate surface area is 177 Å². The molecule has 0 aliphatic carbocycles. The van der Waals surface area contributed by atoms with E-state index in [-0.39, 0.29) is 18.2 Å². The molecule has 4 heterocycles. The second-order valence-corrected chi connectivity index (χ2v) is 9.49. The molecule has 2 bridgehead atoms. The predicted molar refractivity (Wildman–Crippen MR) is 117 cm³/mol. The van der Waals surface area contributed by atoms with Crippen LogP contribution in [0.25, 0.3) is 10.9 Å². The van der Waals surface area contributed by atoms with Gasteiger partial charge in [-0.25, -0.2) is 4.79 Å². The van der Waals surface area contributed by atoms with Crippen molar-refractivity contribution in [3.8, 4) is 0 Å². The zero-order chi connectivity index (χ0) is 21.2. The van der Waals surface area contributed by atoms with E-state index in [1.54, 1.807) is 0 Å². The van der Waals surface area contributed by atoms with Gasteiger partial charge < -0.3 is 9.30 Å². The zero-order valence-corrected chi connectivity index (χ0v) is 18.4. The number of nitrogens with zero attached hydrogens (tertiary/aromatic N) is 3. The van der Waals surface area contributed by atoms with Gasteiger partial charge in [-0.15, -0.1) is 0 Å². The van der Waals surface area contributed by atoms with Crippen molar-refractivity contribution in [2.75, 3.05) is 0 Å². The van der Waals surface area contributed by atoms with Crippen LogP contribution in [0.15, 0.2) is 36.7 Å². The first-order chi connectivity index (χ1) is 14.3. The maximum absolute atomic E-state index is 13.4. The number of benzene rings is 1. The molecule has 2 aliphatic rings. The van der Waals surface area contributed by atoms with Crippen molar-refractivity contribution in [2.24, 2.45) is 7.05 Å². The highest BCUT2D eigenvalue weighted by Gasteiger charge is 2.47. The molecule has 5 rings (SSSR count). The first-order valence-electron chi connectivity index (χ1n) is 10.8. The third-order valence-corrected chi connectivity index (χ3v) is 6.57. The Balaban J connectivity index is 1.73. The highest BCUT2D eigenvalue weighted by atomic mass is 16.6. The van der Waals surface area contributed by atoms with E-state index in [1.165, 1.54) is 38.9 Å². The van der Waals surface area contributed by atoms with Crippen molar-refractivity contribution in [1.82, 2.24) is 14.5 Å². The summed E-state index contributed by atoms with van der Waals surface area (Å²) < 4.78 is 8.15. The molecule has 0 saturated carbocycles. The van der Waals surface area contributed by atoms with Crippen LogP contribution in [0.4, 0.5) is 4.79 Å². The van der Waals surface area contributed by atoms with Gasteiger partial charge in [0.15, 0.2) is 0 Å². The second kappa shape index (κ2) is 6.59. The molecule has 30 heavy (non-hydrogen) atoms. The number of fused-ring (bicyclic) bond motifs is 8. The maximum Gasteiger partial charge on any atom is 0.411 e. The van der Waals surface area contributed by atoms with Gasteiger partial charge >= 0.3 is 6.09 Å². The van der Waals surface area contributed by atoms with Crippen LogP contribution in [-0.4, -0.2) is 26.1 Å². The largest absolute Gasteiger partial charge is 0.444 e. The summed E-state index contributed by atoms with van der Waals surface area (Å²) in [4.78, 5) is 19.9. The van der Waals surface area contributed by atoms with Crippen LogP contribution in [0, 0.1) is 0 Å². The number of aromatic nitrogens is 2. The first-order valence-corrected chi connectivity index (χ1v) is 10.8. The maximum atomic E-state index is 13.4. The fourth-order valence-electron chi connectivity index (χ4n) is 5.38. The number of aryl methyl sites for hydroxylation is 2. The second-order valence-electron chi connectivity index (χ2n) is 9.49. The Morgan fingerprint density at radius 2 is 1.87 bits per heavy atom. The third-order valence-electron chi connectivity index (χ3n) is 6.57. The first kappa shape index (κ1) is 19.2. The molecule has 5 nitrogen and oxygen atoms in total. The summed E-state index contributed by atoms with van der Waals surface area (Å²) in [5, 5.41) is 1.29. The van der Waals surface area contributed by atoms with E-state index in [9.17, 15) is 4.79 Å². The Bertz CT molecular complexity index is 1160. The van der Waals surface area contributed by atoms with Crippen molar-refractivity contribution in [1.29, 1.82) is 0 Å². The lowest BCUT2D eigenvalue weighted by Gasteiger charge is -2.47. The van der Waals surface area contributed by atoms with Crippen LogP contribution < -0.4 is 0 Å². The summed E-state index contributed by atoms with van der Waals surface area (Å²) >= 11 is 0. The van der Waals surface area contributed by atoms with Crippen LogP contribution in [0.5, 0.6) is 0 Å². The predicted octanol–water partition coefficient (Wildman–Crippen LogP) is 5.27. The molecule has 0 radical (unpaired) electrons. The lowest BCUT2D eigenvalue weighted by atomic mass is 9.78. The van der Waals surface area contributed by atoms with E-state index in [1.807, 2.05) is 38.1 Å². The average molecular weight is 404 g/mol. The number of rotatable bonds is 1. The average Bonchev–Trinajstić information content (AvgIpc) is 2.98. The Hall–Kier alpha value is -2.82. The lowest BCUT2D eigenvalue weighted by molar-refractivity contribution is -0.00333. The monoisotopic (exact) mass is 403 g/mol. The number of ether oxygens (including phenoxy) is 1. The topological polar surface area (TPSA) is 47.4 Å². The van der Waals surface area contributed by atoms with Gasteiger partial charge in [-0.3, -0.25) is 9.88 Å². The fraction of sp³-hybridized carbons (Fsp3) is 0.440. The summed E-state index contributed by atoms with van der Waals surface area (Å²) in [6.07, 6.45) is 6.25. The quantitative estimate of drug-likeness (QED) is 0.556. The summed E-state index contributed by atoms with van der Waals surface area (Å²) in [6.45, 7) is 7.96. The van der Waals surface area contributed by atoms with Crippen LogP contribution in [0.2, 0.25) is 0 Å². The molecule has 3 aromatic rings. The van der Waals surface area contributed by atoms with Crippen molar-refractivity contribution >= 4 is 17.0 Å². The molecule has 0 saturated heterocycles. The number of para-hydroxylation sites is 1. The number of carbonyl (C=O) groups is 1. The molecular weight excluding hydrogens is 374 g/mol. The van der Waals surface area contributed by atoms with E-state index in [2.05, 4.69) is 47.8 Å². The molecule has 0 N–H and O–H groups in total. The molecule has 2 atom stereocenters. The zero-order valence-electron chi connectivity index (χ0n) is 18.4. The summed E-state index contributed by atoms with van der Waals surface area (Å²) in [6, 6.07) is 8.47. The molecule has 1 aromatic carbocycles. The smallest absolute Gasteiger partial charge is 0.411 e. The standard InChI is InChI=1S/C25H29N3O2/c1-6-15-13-26-14-19-17(15)11-22-23-18(16-9-7-8-10-20(16)27(23)5)12-21(19)28(22)24(29)30-25(2,3)4/h7-10,13-14,21-22H,6,11-12H2,1-5H3/t21-,22-/m0/s1. The molecular formula is C25H29N3O2. The summed E-state index contributed by atoms with van der Waals surface area (Å²) in [5.41, 5.74) is 7.11. The van der Waals surface area contributed by atoms with E-state index in [0.717, 1.165) is 19.3 Å². The van der Waals surface area contributed by atoms with Crippen LogP contribution in [0.3, 0.4) is 0 Å². The third kappa shape index (κ3) is 2.75. The minimum absolute atomic E-state index is 0.0359. The van der Waals surface area contributed by atoms with Gasteiger partial charge in [0, 0.05) is 36.0 Å². The molecule has 2 aromatic heterocycles. The van der Waals surface area contributed by atoms with Crippen molar-refractivity contribution in [2.45, 2.75) is 64.6 Å². The van der Waals surface area contributed by atoms with Crippen molar-refractivity contribution in [3.63, 3.8) is 0 Å². The van der Waals surface area contributed by atoms with Gasteiger partial charge in [-0.2, -0.15) is 0 Å². The van der Waals surface area contributed by atoms with E-state index in [0.29, 0.717) is 0 Å². The molecule has 0 spiro atoms. The van der Waals surface area contributed by atoms with Crippen LogP contribution >= 0.6 is 0 Å².